The van der Waals surface area contributed by atoms with Crippen molar-refractivity contribution in [3.63, 3.8) is 0 Å². The zero-order valence-electron chi connectivity index (χ0n) is 45.6. The summed E-state index contributed by atoms with van der Waals surface area (Å²) in [6, 6.07) is 8.53. The smallest absolute Gasteiger partial charge is 0.338 e. The summed E-state index contributed by atoms with van der Waals surface area (Å²) in [4.78, 5) is 27.1. The molecule has 7 fully saturated rings. The molecule has 9 rings (SSSR count). The molecule has 0 radical (unpaired) electrons. The zero-order chi connectivity index (χ0) is 54.0. The number of aliphatic hydroxyl groups is 4. The third-order valence-corrected chi connectivity index (χ3v) is 19.4. The molecule has 4 heterocycles. The van der Waals surface area contributed by atoms with Gasteiger partial charge in [0, 0.05) is 60.0 Å². The molecule has 8 aliphatic rings. The Hall–Kier alpha value is -2.54. The van der Waals surface area contributed by atoms with Crippen LogP contribution in [0.5, 0.6) is 0 Å². The average Bonchev–Trinajstić information content (AvgIpc) is 3.62. The van der Waals surface area contributed by atoms with Crippen molar-refractivity contribution < 1.29 is 91.6 Å². The predicted octanol–water partition coefficient (Wildman–Crippen LogP) is 4.84. The SMILES string of the molecule is CO[C@H]1C[C@H](O[C@H]2CC[C@@]3(C)C(=CC[C@]4(O)[C@@H]3C[C@@H](OC(=O)c3ccccc3)[C@@]3(C)[C@]4(O)CC[C@@]3(O)C(C)=O)C2)O[C@H](C)[C@H]1O[C@H]1C[C@H](OC)[C@H](O[C@H]2C[C@@H](OC)[C@H](O[C@H]3C[C@@H](OC)[C@H](O)[C@@H](C)O3)[C@@H](C)O2)[C@@H](C)O1. The Morgan fingerprint density at radius 1 is 0.627 bits per heavy atom. The first-order chi connectivity index (χ1) is 35.6. The highest BCUT2D eigenvalue weighted by atomic mass is 16.8. The van der Waals surface area contributed by atoms with E-state index in [9.17, 15) is 30.0 Å². The Morgan fingerprint density at radius 3 is 1.60 bits per heavy atom. The molecule has 1 aromatic rings. The molecule has 0 aromatic heterocycles. The van der Waals surface area contributed by atoms with Gasteiger partial charge in [-0.3, -0.25) is 4.79 Å². The molecule has 19 nitrogen and oxygen atoms in total. The lowest BCUT2D eigenvalue weighted by Gasteiger charge is -2.67. The number of ether oxygens (including phenoxy) is 13. The Labute approximate surface area is 441 Å². The second kappa shape index (κ2) is 22.2. The highest BCUT2D eigenvalue weighted by Gasteiger charge is 2.81. The largest absolute Gasteiger partial charge is 0.458 e. The number of hydrogen-bond donors (Lipinski definition) is 4. The molecule has 1 aromatic carbocycles. The van der Waals surface area contributed by atoms with Gasteiger partial charge in [0.05, 0.1) is 65.9 Å². The van der Waals surface area contributed by atoms with Gasteiger partial charge in [-0.15, -0.1) is 0 Å². The summed E-state index contributed by atoms with van der Waals surface area (Å²) in [5, 5.41) is 48.5. The molecule has 4 N–H and O–H groups in total. The van der Waals surface area contributed by atoms with Crippen molar-refractivity contribution in [2.75, 3.05) is 28.4 Å². The third-order valence-electron chi connectivity index (χ3n) is 19.4. The Morgan fingerprint density at radius 2 is 1.11 bits per heavy atom. The molecular weight excluding hydrogens is 977 g/mol. The van der Waals surface area contributed by atoms with Crippen LogP contribution in [0.25, 0.3) is 0 Å². The summed E-state index contributed by atoms with van der Waals surface area (Å²) >= 11 is 0. The van der Waals surface area contributed by atoms with Gasteiger partial charge < -0.3 is 82.0 Å². The van der Waals surface area contributed by atoms with Crippen LogP contribution in [0.3, 0.4) is 0 Å². The molecule has 4 saturated heterocycles. The van der Waals surface area contributed by atoms with E-state index in [1.54, 1.807) is 72.6 Å². The maximum atomic E-state index is 13.7. The maximum absolute atomic E-state index is 13.7. The van der Waals surface area contributed by atoms with Crippen molar-refractivity contribution in [1.82, 2.24) is 0 Å². The fraction of sp³-hybridized carbons (Fsp3) is 0.821. The lowest BCUT2D eigenvalue weighted by Crippen LogP contribution is -2.78. The highest BCUT2D eigenvalue weighted by Crippen LogP contribution is 2.71. The monoisotopic (exact) mass is 1060 g/mol. The van der Waals surface area contributed by atoms with Gasteiger partial charge in [-0.25, -0.2) is 4.79 Å². The molecule has 19 heteroatoms. The number of carbonyl (C=O) groups excluding carboxylic acids is 2. The molecule has 4 aliphatic carbocycles. The number of methoxy groups -OCH3 is 4. The van der Waals surface area contributed by atoms with Gasteiger partial charge in [-0.05, 0) is 104 Å². The molecule has 0 spiro atoms. The normalized spacial score (nSPS) is 48.9. The summed E-state index contributed by atoms with van der Waals surface area (Å²) in [7, 11) is 6.48. The van der Waals surface area contributed by atoms with Crippen molar-refractivity contribution in [2.45, 2.75) is 247 Å². The van der Waals surface area contributed by atoms with Crippen LogP contribution in [0.2, 0.25) is 0 Å². The van der Waals surface area contributed by atoms with E-state index < -0.39 is 144 Å². The topological polar surface area (TPSA) is 235 Å². The lowest BCUT2D eigenvalue weighted by molar-refractivity contribution is -0.347. The van der Waals surface area contributed by atoms with Gasteiger partial charge in [0.15, 0.2) is 30.9 Å². The van der Waals surface area contributed by atoms with E-state index in [1.807, 2.05) is 26.8 Å². The fourth-order valence-corrected chi connectivity index (χ4v) is 14.9. The van der Waals surface area contributed by atoms with Crippen molar-refractivity contribution in [3.8, 4) is 0 Å². The maximum Gasteiger partial charge on any atom is 0.338 e. The number of Topliss-reactive ketones (excluding diaryl/α,β-unsaturated/α-hetero) is 1. The molecule has 422 valence electrons. The first-order valence-electron chi connectivity index (χ1n) is 27.2. The van der Waals surface area contributed by atoms with Crippen LogP contribution in [-0.4, -0.2) is 188 Å². The number of ketones is 1. The number of aliphatic hydroxyl groups excluding tert-OH is 1. The Balaban J connectivity index is 0.810. The summed E-state index contributed by atoms with van der Waals surface area (Å²) < 4.78 is 81.6. The Bertz CT molecular complexity index is 2180. The summed E-state index contributed by atoms with van der Waals surface area (Å²) in [6.45, 7) is 12.5. The average molecular weight is 1060 g/mol. The Kier molecular flexibility index (Phi) is 16.9. The quantitative estimate of drug-likeness (QED) is 0.136. The molecule has 3 saturated carbocycles. The van der Waals surface area contributed by atoms with Gasteiger partial charge in [-0.1, -0.05) is 36.8 Å². The van der Waals surface area contributed by atoms with E-state index in [1.165, 1.54) is 6.92 Å². The molecule has 24 atom stereocenters. The summed E-state index contributed by atoms with van der Waals surface area (Å²) in [6.07, 6.45) is -4.06. The first-order valence-corrected chi connectivity index (χ1v) is 27.2. The second-order valence-corrected chi connectivity index (χ2v) is 23.2. The number of hydrogen-bond acceptors (Lipinski definition) is 19. The van der Waals surface area contributed by atoms with E-state index in [0.717, 1.165) is 5.57 Å². The van der Waals surface area contributed by atoms with E-state index in [4.69, 9.17) is 61.6 Å². The van der Waals surface area contributed by atoms with Crippen LogP contribution < -0.4 is 0 Å². The van der Waals surface area contributed by atoms with Gasteiger partial charge in [0.25, 0.3) is 0 Å². The summed E-state index contributed by atoms with van der Waals surface area (Å²) in [5.41, 5.74) is -6.68. The van der Waals surface area contributed by atoms with E-state index in [-0.39, 0.29) is 37.9 Å². The van der Waals surface area contributed by atoms with Crippen molar-refractivity contribution in [3.05, 3.63) is 47.5 Å². The lowest BCUT2D eigenvalue weighted by atomic mass is 9.42. The summed E-state index contributed by atoms with van der Waals surface area (Å²) in [5.74, 6) is -1.75. The third kappa shape index (κ3) is 10.0. The minimum atomic E-state index is -2.04. The fourth-order valence-electron chi connectivity index (χ4n) is 14.9. The second-order valence-electron chi connectivity index (χ2n) is 23.2. The minimum absolute atomic E-state index is 0.0438. The van der Waals surface area contributed by atoms with Crippen molar-refractivity contribution in [1.29, 1.82) is 0 Å². The molecule has 0 amide bonds. The first kappa shape index (κ1) is 57.2. The molecule has 0 bridgehead atoms. The number of carbonyl (C=O) groups is 2. The van der Waals surface area contributed by atoms with Crippen molar-refractivity contribution in [2.24, 2.45) is 16.7 Å². The van der Waals surface area contributed by atoms with Crippen molar-refractivity contribution >= 4 is 11.8 Å². The number of benzene rings is 1. The van der Waals surface area contributed by atoms with Crippen LogP contribution in [-0.2, 0) is 66.4 Å². The minimum Gasteiger partial charge on any atom is -0.458 e. The number of rotatable bonds is 15. The van der Waals surface area contributed by atoms with Gasteiger partial charge in [0.2, 0.25) is 0 Å². The van der Waals surface area contributed by atoms with Crippen LogP contribution in [0, 0.1) is 16.7 Å². The zero-order valence-corrected chi connectivity index (χ0v) is 45.6. The predicted molar refractivity (Wildman–Crippen MR) is 266 cm³/mol. The highest BCUT2D eigenvalue weighted by molar-refractivity contribution is 5.90. The standard InChI is InChI=1S/C56H84O19/c1-29-47(58)37(63-8)24-44(67-29)73-49-31(3)69-46(26-39(49)65-10)75-50-32(4)70-45(27-40(50)66-11)74-48-30(2)68-43(25-38(48)64-9)71-36-18-19-52(6)35(23-36)17-20-55(61)41(52)28-42(72-51(59)34-15-13-12-14-16-34)53(7)54(60,33(5)57)21-22-56(53,55)62/h12-17,29-32,36-50,58,60-62H,18-28H2,1-11H3/t29-,30-,31-,32-,36+,37-,38+,39-,40+,41-,42-,43+,44+,45+,46+,47-,48-,49-,50-,52+,53-,54-,55+,56-/m1/s1. The van der Waals surface area contributed by atoms with E-state index in [0.29, 0.717) is 50.5 Å². The van der Waals surface area contributed by atoms with Crippen LogP contribution in [0.1, 0.15) is 129 Å². The van der Waals surface area contributed by atoms with Gasteiger partial charge in [-0.2, -0.15) is 0 Å². The van der Waals surface area contributed by atoms with Gasteiger partial charge >= 0.3 is 5.97 Å². The van der Waals surface area contributed by atoms with Crippen LogP contribution in [0.15, 0.2) is 42.0 Å². The van der Waals surface area contributed by atoms with E-state index >= 15 is 0 Å². The number of esters is 1. The molecule has 75 heavy (non-hydrogen) atoms. The molecule has 4 aliphatic heterocycles. The molecule has 0 unspecified atom stereocenters. The molecular formula is C56H84O19. The van der Waals surface area contributed by atoms with Crippen LogP contribution in [0.4, 0.5) is 0 Å². The van der Waals surface area contributed by atoms with E-state index in [2.05, 4.69) is 6.92 Å². The van der Waals surface area contributed by atoms with Gasteiger partial charge in [0.1, 0.15) is 47.3 Å². The number of fused-ring (bicyclic) bond motifs is 5. The van der Waals surface area contributed by atoms with Crippen LogP contribution >= 0.6 is 0 Å².